The molecule has 0 unspecified atom stereocenters. The average Bonchev–Trinajstić information content (AvgIpc) is 2.98. The third kappa shape index (κ3) is 3.19. The molecule has 0 spiro atoms. The predicted octanol–water partition coefficient (Wildman–Crippen LogP) is 1.16. The monoisotopic (exact) mass is 287 g/mol. The van der Waals surface area contributed by atoms with Crippen LogP contribution in [0.5, 0.6) is 5.75 Å². The molecule has 1 aliphatic rings. The highest BCUT2D eigenvalue weighted by molar-refractivity contribution is 6.02. The van der Waals surface area contributed by atoms with Gasteiger partial charge in [0.1, 0.15) is 5.75 Å². The van der Waals surface area contributed by atoms with E-state index in [1.807, 2.05) is 0 Å². The molecule has 3 N–H and O–H groups in total. The van der Waals surface area contributed by atoms with Gasteiger partial charge in [0.25, 0.3) is 5.91 Å². The number of piperidine rings is 1. The number of hydrogen-bond donors (Lipinski definition) is 3. The molecule has 2 aromatic rings. The molecule has 3 rings (SSSR count). The minimum Gasteiger partial charge on any atom is -0.508 e. The number of nitrogens with one attached hydrogen (secondary N) is 2. The van der Waals surface area contributed by atoms with Crippen molar-refractivity contribution in [1.82, 2.24) is 20.3 Å². The summed E-state index contributed by atoms with van der Waals surface area (Å²) in [5.41, 5.74) is 0.799. The SMILES string of the molecule is O=C(Nc1cccc(O)c1)c1cn(C2CCNCC2)nn1. The summed E-state index contributed by atoms with van der Waals surface area (Å²) in [6.45, 7) is 1.91. The number of aromatic hydroxyl groups is 1. The summed E-state index contributed by atoms with van der Waals surface area (Å²) in [4.78, 5) is 12.1. The van der Waals surface area contributed by atoms with Gasteiger partial charge < -0.3 is 15.7 Å². The van der Waals surface area contributed by atoms with Crippen molar-refractivity contribution in [3.8, 4) is 5.75 Å². The Labute approximate surface area is 122 Å². The Bertz CT molecular complexity index is 634. The average molecular weight is 287 g/mol. The van der Waals surface area contributed by atoms with Crippen LogP contribution in [0.2, 0.25) is 0 Å². The number of phenolic OH excluding ortho intramolecular Hbond substituents is 1. The van der Waals surface area contributed by atoms with E-state index in [9.17, 15) is 9.90 Å². The van der Waals surface area contributed by atoms with Crippen LogP contribution < -0.4 is 10.6 Å². The smallest absolute Gasteiger partial charge is 0.277 e. The van der Waals surface area contributed by atoms with Crippen LogP contribution in [-0.2, 0) is 0 Å². The van der Waals surface area contributed by atoms with E-state index in [4.69, 9.17) is 0 Å². The number of phenols is 1. The Hall–Kier alpha value is -2.41. The molecular formula is C14H17N5O2. The summed E-state index contributed by atoms with van der Waals surface area (Å²) < 4.78 is 1.76. The van der Waals surface area contributed by atoms with Crippen molar-refractivity contribution in [2.24, 2.45) is 0 Å². The van der Waals surface area contributed by atoms with Gasteiger partial charge in [-0.15, -0.1) is 5.10 Å². The second-order valence-corrected chi connectivity index (χ2v) is 5.07. The van der Waals surface area contributed by atoms with Crippen LogP contribution >= 0.6 is 0 Å². The number of carbonyl (C=O) groups excluding carboxylic acids is 1. The largest absolute Gasteiger partial charge is 0.508 e. The van der Waals surface area contributed by atoms with Gasteiger partial charge in [-0.05, 0) is 38.1 Å². The van der Waals surface area contributed by atoms with Crippen molar-refractivity contribution < 1.29 is 9.90 Å². The topological polar surface area (TPSA) is 92.1 Å². The van der Waals surface area contributed by atoms with Gasteiger partial charge in [-0.1, -0.05) is 11.3 Å². The first-order valence-corrected chi connectivity index (χ1v) is 6.95. The van der Waals surface area contributed by atoms with Gasteiger partial charge in [0.2, 0.25) is 0 Å². The molecule has 0 aliphatic carbocycles. The predicted molar refractivity (Wildman–Crippen MR) is 77.2 cm³/mol. The van der Waals surface area contributed by atoms with Gasteiger partial charge in [-0.25, -0.2) is 4.68 Å². The third-order valence-electron chi connectivity index (χ3n) is 3.53. The van der Waals surface area contributed by atoms with Crippen LogP contribution in [0.15, 0.2) is 30.5 Å². The molecule has 1 aromatic heterocycles. The van der Waals surface area contributed by atoms with Crippen molar-refractivity contribution in [2.45, 2.75) is 18.9 Å². The maximum Gasteiger partial charge on any atom is 0.277 e. The molecule has 7 heteroatoms. The molecule has 1 aliphatic heterocycles. The molecule has 1 aromatic carbocycles. The Kier molecular flexibility index (Phi) is 3.83. The summed E-state index contributed by atoms with van der Waals surface area (Å²) in [6, 6.07) is 6.69. The summed E-state index contributed by atoms with van der Waals surface area (Å²) in [6.07, 6.45) is 3.64. The zero-order valence-corrected chi connectivity index (χ0v) is 11.5. The second-order valence-electron chi connectivity index (χ2n) is 5.07. The highest BCUT2D eigenvalue weighted by Gasteiger charge is 2.18. The molecule has 2 heterocycles. The van der Waals surface area contributed by atoms with E-state index in [1.165, 1.54) is 6.07 Å². The standard InChI is InChI=1S/C14H17N5O2/c20-12-3-1-2-10(8-12)16-14(21)13-9-19(18-17-13)11-4-6-15-7-5-11/h1-3,8-9,11,15,20H,4-7H2,(H,16,21). The fourth-order valence-electron chi connectivity index (χ4n) is 2.41. The number of hydrogen-bond acceptors (Lipinski definition) is 5. The van der Waals surface area contributed by atoms with Gasteiger partial charge in [0, 0.05) is 11.8 Å². The zero-order valence-electron chi connectivity index (χ0n) is 11.5. The van der Waals surface area contributed by atoms with Gasteiger partial charge in [-0.2, -0.15) is 0 Å². The van der Waals surface area contributed by atoms with E-state index in [0.29, 0.717) is 11.7 Å². The number of anilines is 1. The lowest BCUT2D eigenvalue weighted by molar-refractivity contribution is 0.102. The number of benzene rings is 1. The maximum atomic E-state index is 12.1. The van der Waals surface area contributed by atoms with Crippen molar-refractivity contribution in [2.75, 3.05) is 18.4 Å². The summed E-state index contributed by atoms with van der Waals surface area (Å²) in [7, 11) is 0. The minimum absolute atomic E-state index is 0.103. The molecule has 1 amide bonds. The van der Waals surface area contributed by atoms with Gasteiger partial charge in [0.05, 0.1) is 12.2 Å². The number of amides is 1. The first kappa shape index (κ1) is 13.6. The quantitative estimate of drug-likeness (QED) is 0.788. The number of rotatable bonds is 3. The lowest BCUT2D eigenvalue weighted by Crippen LogP contribution is -2.29. The van der Waals surface area contributed by atoms with Gasteiger partial charge in [-0.3, -0.25) is 4.79 Å². The molecule has 1 saturated heterocycles. The summed E-state index contributed by atoms with van der Waals surface area (Å²) >= 11 is 0. The molecular weight excluding hydrogens is 270 g/mol. The van der Waals surface area contributed by atoms with Crippen molar-refractivity contribution >= 4 is 11.6 Å². The molecule has 0 atom stereocenters. The third-order valence-corrected chi connectivity index (χ3v) is 3.53. The van der Waals surface area contributed by atoms with E-state index in [2.05, 4.69) is 20.9 Å². The van der Waals surface area contributed by atoms with Crippen molar-refractivity contribution in [3.63, 3.8) is 0 Å². The summed E-state index contributed by atoms with van der Waals surface area (Å²) in [5.74, 6) is -0.230. The normalized spacial score (nSPS) is 15.8. The highest BCUT2D eigenvalue weighted by Crippen LogP contribution is 2.18. The van der Waals surface area contributed by atoms with Crippen LogP contribution in [0.25, 0.3) is 0 Å². The Balaban J connectivity index is 1.69. The highest BCUT2D eigenvalue weighted by atomic mass is 16.3. The van der Waals surface area contributed by atoms with Crippen molar-refractivity contribution in [3.05, 3.63) is 36.2 Å². The number of carbonyl (C=O) groups is 1. The van der Waals surface area contributed by atoms with Gasteiger partial charge in [0.15, 0.2) is 5.69 Å². The molecule has 1 fully saturated rings. The molecule has 0 bridgehead atoms. The Morgan fingerprint density at radius 2 is 2.19 bits per heavy atom. The second kappa shape index (κ2) is 5.92. The van der Waals surface area contributed by atoms with Crippen LogP contribution in [0.3, 0.4) is 0 Å². The van der Waals surface area contributed by atoms with E-state index in [-0.39, 0.29) is 17.4 Å². The lowest BCUT2D eigenvalue weighted by atomic mass is 10.1. The summed E-state index contributed by atoms with van der Waals surface area (Å²) in [5, 5.41) is 23.3. The first-order chi connectivity index (χ1) is 10.2. The van der Waals surface area contributed by atoms with Crippen molar-refractivity contribution in [1.29, 1.82) is 0 Å². The number of nitrogens with zero attached hydrogens (tertiary/aromatic N) is 3. The van der Waals surface area contributed by atoms with Crippen LogP contribution in [0.4, 0.5) is 5.69 Å². The minimum atomic E-state index is -0.333. The molecule has 21 heavy (non-hydrogen) atoms. The maximum absolute atomic E-state index is 12.1. The Morgan fingerprint density at radius 3 is 2.95 bits per heavy atom. The molecule has 110 valence electrons. The number of aromatic nitrogens is 3. The molecule has 0 saturated carbocycles. The van der Waals surface area contributed by atoms with E-state index in [0.717, 1.165) is 25.9 Å². The fraction of sp³-hybridized carbons (Fsp3) is 0.357. The fourth-order valence-corrected chi connectivity index (χ4v) is 2.41. The lowest BCUT2D eigenvalue weighted by Gasteiger charge is -2.22. The van der Waals surface area contributed by atoms with Crippen LogP contribution in [-0.4, -0.2) is 39.1 Å². The van der Waals surface area contributed by atoms with Gasteiger partial charge >= 0.3 is 0 Å². The van der Waals surface area contributed by atoms with E-state index >= 15 is 0 Å². The van der Waals surface area contributed by atoms with Crippen LogP contribution in [0.1, 0.15) is 29.4 Å². The Morgan fingerprint density at radius 1 is 1.38 bits per heavy atom. The van der Waals surface area contributed by atoms with Crippen LogP contribution in [0, 0.1) is 0 Å². The molecule has 7 nitrogen and oxygen atoms in total. The molecule has 0 radical (unpaired) electrons. The van der Waals surface area contributed by atoms with E-state index < -0.39 is 0 Å². The zero-order chi connectivity index (χ0) is 14.7. The van der Waals surface area contributed by atoms with E-state index in [1.54, 1.807) is 29.1 Å². The first-order valence-electron chi connectivity index (χ1n) is 6.95.